The van der Waals surface area contributed by atoms with Crippen molar-refractivity contribution < 1.29 is 12.8 Å². The minimum absolute atomic E-state index is 0. The topological polar surface area (TPSA) is 96.6 Å². The van der Waals surface area contributed by atoms with E-state index in [4.69, 9.17) is 5.14 Å². The molecule has 0 aliphatic carbocycles. The first-order valence-corrected chi connectivity index (χ1v) is 10.3. The fraction of sp³-hybridized carbons (Fsp3) is 0.316. The van der Waals surface area contributed by atoms with Crippen molar-refractivity contribution in [2.45, 2.75) is 24.7 Å². The van der Waals surface area contributed by atoms with Gasteiger partial charge >= 0.3 is 0 Å². The number of halogens is 2. The molecule has 0 fully saturated rings. The Bertz CT molecular complexity index is 874. The van der Waals surface area contributed by atoms with E-state index in [-0.39, 0.29) is 34.7 Å². The second-order valence-electron chi connectivity index (χ2n) is 6.01. The average Bonchev–Trinajstić information content (AvgIpc) is 2.61. The van der Waals surface area contributed by atoms with Gasteiger partial charge < -0.3 is 10.6 Å². The largest absolute Gasteiger partial charge is 0.357 e. The third-order valence-corrected chi connectivity index (χ3v) is 4.79. The van der Waals surface area contributed by atoms with Crippen LogP contribution in [0.4, 0.5) is 4.39 Å². The summed E-state index contributed by atoms with van der Waals surface area (Å²) in [5.74, 6) is 0.455. The molecule has 4 N–H and O–H groups in total. The van der Waals surface area contributed by atoms with E-state index in [1.54, 1.807) is 18.2 Å². The maximum Gasteiger partial charge on any atom is 0.238 e. The molecule has 0 unspecified atom stereocenters. The first-order valence-electron chi connectivity index (χ1n) is 8.77. The van der Waals surface area contributed by atoms with Gasteiger partial charge in [0.25, 0.3) is 0 Å². The van der Waals surface area contributed by atoms with Crippen molar-refractivity contribution in [1.29, 1.82) is 0 Å². The molecule has 9 heteroatoms. The van der Waals surface area contributed by atoms with Crippen LogP contribution in [0.5, 0.6) is 0 Å². The normalized spacial score (nSPS) is 11.6. The number of guanidine groups is 1. The summed E-state index contributed by atoms with van der Waals surface area (Å²) in [7, 11) is -3.67. The molecular weight excluding hydrogens is 494 g/mol. The third-order valence-electron chi connectivity index (χ3n) is 3.86. The smallest absolute Gasteiger partial charge is 0.238 e. The van der Waals surface area contributed by atoms with Crippen molar-refractivity contribution >= 4 is 40.0 Å². The van der Waals surface area contributed by atoms with Crippen molar-refractivity contribution in [3.63, 3.8) is 0 Å². The van der Waals surface area contributed by atoms with Gasteiger partial charge in [0.1, 0.15) is 5.82 Å². The maximum absolute atomic E-state index is 13.2. The van der Waals surface area contributed by atoms with Crippen LogP contribution in [0.25, 0.3) is 0 Å². The molecule has 0 saturated carbocycles. The lowest BCUT2D eigenvalue weighted by atomic mass is 10.1. The van der Waals surface area contributed by atoms with E-state index in [0.717, 1.165) is 17.7 Å². The highest BCUT2D eigenvalue weighted by Gasteiger charge is 2.06. The van der Waals surface area contributed by atoms with E-state index in [0.29, 0.717) is 31.9 Å². The lowest BCUT2D eigenvalue weighted by Gasteiger charge is -2.11. The molecule has 0 aromatic heterocycles. The molecular formula is C19H26FIN4O2S. The van der Waals surface area contributed by atoms with Crippen molar-refractivity contribution in [3.05, 3.63) is 65.5 Å². The van der Waals surface area contributed by atoms with Crippen LogP contribution in [0.1, 0.15) is 18.1 Å². The Labute approximate surface area is 182 Å². The van der Waals surface area contributed by atoms with Gasteiger partial charge in [-0.1, -0.05) is 24.3 Å². The monoisotopic (exact) mass is 520 g/mol. The highest BCUT2D eigenvalue weighted by Crippen LogP contribution is 2.09. The highest BCUT2D eigenvalue weighted by atomic mass is 127. The first kappa shape index (κ1) is 24.3. The number of sulfonamides is 1. The van der Waals surface area contributed by atoms with E-state index in [9.17, 15) is 12.8 Å². The number of aliphatic imine (C=N–C) groups is 1. The number of hydrogen-bond acceptors (Lipinski definition) is 3. The van der Waals surface area contributed by atoms with Gasteiger partial charge in [0.05, 0.1) is 4.90 Å². The van der Waals surface area contributed by atoms with Gasteiger partial charge in [0, 0.05) is 19.6 Å². The Balaban J connectivity index is 0.00000392. The van der Waals surface area contributed by atoms with Gasteiger partial charge in [-0.3, -0.25) is 4.99 Å². The van der Waals surface area contributed by atoms with Crippen LogP contribution in [0.3, 0.4) is 0 Å². The summed E-state index contributed by atoms with van der Waals surface area (Å²) < 4.78 is 35.7. The molecule has 2 aromatic carbocycles. The lowest BCUT2D eigenvalue weighted by Crippen LogP contribution is -2.38. The predicted octanol–water partition coefficient (Wildman–Crippen LogP) is 2.43. The zero-order chi connectivity index (χ0) is 19.7. The molecule has 0 aliphatic heterocycles. The van der Waals surface area contributed by atoms with Gasteiger partial charge in [-0.05, 0) is 55.2 Å². The van der Waals surface area contributed by atoms with Crippen LogP contribution in [0.15, 0.2) is 58.4 Å². The predicted molar refractivity (Wildman–Crippen MR) is 121 cm³/mol. The van der Waals surface area contributed by atoms with Crippen LogP contribution in [0, 0.1) is 5.82 Å². The molecule has 0 heterocycles. The van der Waals surface area contributed by atoms with Gasteiger partial charge in [-0.2, -0.15) is 0 Å². The van der Waals surface area contributed by atoms with Gasteiger partial charge in [-0.15, -0.1) is 24.0 Å². The fourth-order valence-electron chi connectivity index (χ4n) is 2.50. The molecule has 0 aliphatic rings. The Morgan fingerprint density at radius 1 is 1.07 bits per heavy atom. The molecule has 28 heavy (non-hydrogen) atoms. The van der Waals surface area contributed by atoms with Gasteiger partial charge in [-0.25, -0.2) is 17.9 Å². The summed E-state index contributed by atoms with van der Waals surface area (Å²) in [5.41, 5.74) is 1.90. The molecule has 0 amide bonds. The Hall–Kier alpha value is -1.72. The average molecular weight is 520 g/mol. The van der Waals surface area contributed by atoms with Gasteiger partial charge in [0.15, 0.2) is 5.96 Å². The molecule has 154 valence electrons. The standard InChI is InChI=1S/C19H25FN4O2S.HI/c1-2-22-19(24-13-11-16-4-3-5-17(20)14-16)23-12-10-15-6-8-18(9-7-15)27(21,25)26;/h3-9,14H,2,10-13H2,1H3,(H2,21,25,26)(H2,22,23,24);1H. The van der Waals surface area contributed by atoms with E-state index < -0.39 is 10.0 Å². The molecule has 2 aromatic rings. The molecule has 6 nitrogen and oxygen atoms in total. The van der Waals surface area contributed by atoms with Crippen molar-refractivity contribution in [2.75, 3.05) is 19.6 Å². The third kappa shape index (κ3) is 8.53. The lowest BCUT2D eigenvalue weighted by molar-refractivity contribution is 0.597. The van der Waals surface area contributed by atoms with Crippen LogP contribution >= 0.6 is 24.0 Å². The zero-order valence-electron chi connectivity index (χ0n) is 15.7. The molecule has 0 spiro atoms. The summed E-state index contributed by atoms with van der Waals surface area (Å²) in [6.07, 6.45) is 1.36. The van der Waals surface area contributed by atoms with Gasteiger partial charge in [0.2, 0.25) is 10.0 Å². The number of benzene rings is 2. The quantitative estimate of drug-likeness (QED) is 0.283. The Morgan fingerprint density at radius 3 is 2.39 bits per heavy atom. The number of nitrogens with zero attached hydrogens (tertiary/aromatic N) is 1. The number of primary sulfonamides is 1. The molecule has 0 bridgehead atoms. The van der Waals surface area contributed by atoms with Crippen molar-refractivity contribution in [2.24, 2.45) is 10.1 Å². The van der Waals surface area contributed by atoms with E-state index in [1.807, 2.05) is 13.0 Å². The number of rotatable bonds is 8. The summed E-state index contributed by atoms with van der Waals surface area (Å²) in [4.78, 5) is 4.61. The first-order chi connectivity index (χ1) is 12.9. The number of nitrogens with one attached hydrogen (secondary N) is 2. The summed E-state index contributed by atoms with van der Waals surface area (Å²) >= 11 is 0. The van der Waals surface area contributed by atoms with Crippen LogP contribution in [-0.4, -0.2) is 34.0 Å². The Morgan fingerprint density at radius 2 is 1.79 bits per heavy atom. The second-order valence-corrected chi connectivity index (χ2v) is 7.57. The van der Waals surface area contributed by atoms with Crippen LogP contribution < -0.4 is 15.8 Å². The van der Waals surface area contributed by atoms with E-state index >= 15 is 0 Å². The van der Waals surface area contributed by atoms with Crippen LogP contribution in [0.2, 0.25) is 0 Å². The minimum atomic E-state index is -3.67. The maximum atomic E-state index is 13.2. The summed E-state index contributed by atoms with van der Waals surface area (Å²) in [5, 5.41) is 11.5. The fourth-order valence-corrected chi connectivity index (χ4v) is 3.02. The van der Waals surface area contributed by atoms with Crippen molar-refractivity contribution in [1.82, 2.24) is 10.6 Å². The SMILES string of the molecule is CCNC(=NCCc1ccc(S(N)(=O)=O)cc1)NCCc1cccc(F)c1.I. The molecule has 0 saturated heterocycles. The minimum Gasteiger partial charge on any atom is -0.357 e. The summed E-state index contributed by atoms with van der Waals surface area (Å²) in [6, 6.07) is 13.0. The zero-order valence-corrected chi connectivity index (χ0v) is 18.8. The van der Waals surface area contributed by atoms with E-state index in [2.05, 4.69) is 15.6 Å². The Kier molecular flexibility index (Phi) is 10.4. The highest BCUT2D eigenvalue weighted by molar-refractivity contribution is 14.0. The number of nitrogens with two attached hydrogens (primary N) is 1. The van der Waals surface area contributed by atoms with Crippen LogP contribution in [-0.2, 0) is 22.9 Å². The molecule has 2 rings (SSSR count). The number of hydrogen-bond donors (Lipinski definition) is 3. The molecule has 0 radical (unpaired) electrons. The van der Waals surface area contributed by atoms with E-state index in [1.165, 1.54) is 24.3 Å². The molecule has 0 atom stereocenters. The summed E-state index contributed by atoms with van der Waals surface area (Å²) in [6.45, 7) is 3.90. The second kappa shape index (κ2) is 12.0. The van der Waals surface area contributed by atoms with Crippen molar-refractivity contribution in [3.8, 4) is 0 Å².